The predicted octanol–water partition coefficient (Wildman–Crippen LogP) is 7.20. The van der Waals surface area contributed by atoms with E-state index in [2.05, 4.69) is 50.2 Å². The fourth-order valence-corrected chi connectivity index (χ4v) is 3.59. The van der Waals surface area contributed by atoms with E-state index < -0.39 is 0 Å². The maximum absolute atomic E-state index is 6.45. The fourth-order valence-electron chi connectivity index (χ4n) is 3.59. The molecule has 0 saturated heterocycles. The van der Waals surface area contributed by atoms with Crippen LogP contribution in [0.4, 0.5) is 0 Å². The molecule has 3 aromatic carbocycles. The molecule has 0 aliphatic heterocycles. The van der Waals surface area contributed by atoms with Crippen molar-refractivity contribution in [3.05, 3.63) is 90.0 Å². The van der Waals surface area contributed by atoms with Gasteiger partial charge in [-0.05, 0) is 54.8 Å². The summed E-state index contributed by atoms with van der Waals surface area (Å²) in [4.78, 5) is 0. The van der Waals surface area contributed by atoms with Gasteiger partial charge in [0, 0.05) is 5.56 Å². The summed E-state index contributed by atoms with van der Waals surface area (Å²) < 4.78 is 17.7. The molecule has 0 saturated carbocycles. The summed E-state index contributed by atoms with van der Waals surface area (Å²) in [6.45, 7) is 4.13. The highest BCUT2D eigenvalue weighted by Crippen LogP contribution is 2.39. The van der Waals surface area contributed by atoms with Crippen molar-refractivity contribution in [2.24, 2.45) is 0 Å². The highest BCUT2D eigenvalue weighted by Gasteiger charge is 2.25. The van der Waals surface area contributed by atoms with Crippen LogP contribution >= 0.6 is 0 Å². The summed E-state index contributed by atoms with van der Waals surface area (Å²) >= 11 is 0. The molecule has 0 amide bonds. The smallest absolute Gasteiger partial charge is 0.365 e. The average Bonchev–Trinajstić information content (AvgIpc) is 2.79. The van der Waals surface area contributed by atoms with Crippen molar-refractivity contribution in [2.45, 2.75) is 13.8 Å². The highest BCUT2D eigenvalue weighted by molar-refractivity contribution is 5.78. The van der Waals surface area contributed by atoms with Crippen LogP contribution in [-0.2, 0) is 0 Å². The van der Waals surface area contributed by atoms with Crippen LogP contribution in [0.15, 0.2) is 83.3 Å². The zero-order valence-electron chi connectivity index (χ0n) is 17.7. The number of hydrogen-bond acceptors (Lipinski definition) is 2. The Morgan fingerprint density at radius 3 is 1.53 bits per heavy atom. The Balaban J connectivity index is 2.00. The lowest BCUT2D eigenvalue weighted by atomic mass is 10.00. The van der Waals surface area contributed by atoms with Gasteiger partial charge in [0.05, 0.1) is 26.4 Å². The molecule has 0 bridgehead atoms. The number of rotatable bonds is 5. The standard InChI is InChI=1S/C27H25O3/c1-18-10-12-24(28-3)22(14-18)26-16-21(20-8-6-5-7-9-20)17-27(30-26)23-15-19(2)11-13-25(23)29-4/h5-17H,1-4H3/q+1. The van der Waals surface area contributed by atoms with Crippen LogP contribution < -0.4 is 9.47 Å². The topological polar surface area (TPSA) is 29.8 Å². The molecule has 4 aromatic rings. The lowest BCUT2D eigenvalue weighted by Gasteiger charge is -2.08. The van der Waals surface area contributed by atoms with Crippen molar-refractivity contribution >= 4 is 0 Å². The molecule has 0 N–H and O–H groups in total. The van der Waals surface area contributed by atoms with E-state index >= 15 is 0 Å². The van der Waals surface area contributed by atoms with E-state index in [1.165, 1.54) is 0 Å². The molecule has 0 atom stereocenters. The molecule has 3 nitrogen and oxygen atoms in total. The Kier molecular flexibility index (Phi) is 5.53. The second kappa shape index (κ2) is 8.42. The van der Waals surface area contributed by atoms with Gasteiger partial charge in [0.15, 0.2) is 0 Å². The van der Waals surface area contributed by atoms with Gasteiger partial charge in [-0.1, -0.05) is 42.5 Å². The minimum Gasteiger partial charge on any atom is -0.496 e. The van der Waals surface area contributed by atoms with Gasteiger partial charge >= 0.3 is 11.5 Å². The third-order valence-electron chi connectivity index (χ3n) is 5.14. The van der Waals surface area contributed by atoms with Gasteiger partial charge in [0.1, 0.15) is 22.6 Å². The average molecular weight is 397 g/mol. The molecule has 0 fully saturated rings. The second-order valence-corrected chi connectivity index (χ2v) is 7.35. The van der Waals surface area contributed by atoms with Crippen LogP contribution in [0.25, 0.3) is 33.8 Å². The van der Waals surface area contributed by atoms with E-state index in [0.717, 1.165) is 56.4 Å². The number of methoxy groups -OCH3 is 2. The third-order valence-corrected chi connectivity index (χ3v) is 5.14. The number of hydrogen-bond donors (Lipinski definition) is 0. The van der Waals surface area contributed by atoms with Crippen LogP contribution in [0.5, 0.6) is 11.5 Å². The van der Waals surface area contributed by atoms with Crippen molar-refractivity contribution in [1.29, 1.82) is 0 Å². The van der Waals surface area contributed by atoms with Gasteiger partial charge in [-0.15, -0.1) is 0 Å². The summed E-state index contributed by atoms with van der Waals surface area (Å²) in [5.41, 5.74) is 6.31. The normalized spacial score (nSPS) is 10.7. The molecule has 1 aromatic heterocycles. The molecule has 1 heterocycles. The first-order valence-corrected chi connectivity index (χ1v) is 9.92. The quantitative estimate of drug-likeness (QED) is 0.334. The van der Waals surface area contributed by atoms with Gasteiger partial charge in [-0.25, -0.2) is 4.42 Å². The molecule has 3 heteroatoms. The zero-order valence-corrected chi connectivity index (χ0v) is 17.7. The molecule has 0 aliphatic carbocycles. The lowest BCUT2D eigenvalue weighted by Crippen LogP contribution is -1.93. The number of benzene rings is 3. The van der Waals surface area contributed by atoms with Crippen molar-refractivity contribution in [2.75, 3.05) is 14.2 Å². The van der Waals surface area contributed by atoms with Gasteiger partial charge in [0.25, 0.3) is 0 Å². The molecule has 30 heavy (non-hydrogen) atoms. The first-order chi connectivity index (χ1) is 14.6. The van der Waals surface area contributed by atoms with Crippen LogP contribution in [0, 0.1) is 13.8 Å². The van der Waals surface area contributed by atoms with Gasteiger partial charge in [-0.2, -0.15) is 0 Å². The summed E-state index contributed by atoms with van der Waals surface area (Å²) in [5.74, 6) is 3.04. The Morgan fingerprint density at radius 1 is 0.567 bits per heavy atom. The van der Waals surface area contributed by atoms with E-state index in [4.69, 9.17) is 13.9 Å². The van der Waals surface area contributed by atoms with Crippen molar-refractivity contribution in [1.82, 2.24) is 0 Å². The Hall–Kier alpha value is -3.59. The number of aryl methyl sites for hydroxylation is 2. The predicted molar refractivity (Wildman–Crippen MR) is 122 cm³/mol. The minimum absolute atomic E-state index is 0.746. The Morgan fingerprint density at radius 2 is 1.07 bits per heavy atom. The maximum atomic E-state index is 6.45. The van der Waals surface area contributed by atoms with Crippen molar-refractivity contribution in [3.8, 4) is 45.3 Å². The van der Waals surface area contributed by atoms with E-state index in [-0.39, 0.29) is 0 Å². The van der Waals surface area contributed by atoms with E-state index in [0.29, 0.717) is 0 Å². The van der Waals surface area contributed by atoms with Crippen LogP contribution in [0.1, 0.15) is 11.1 Å². The molecule has 0 spiro atoms. The van der Waals surface area contributed by atoms with Crippen LogP contribution in [-0.4, -0.2) is 14.2 Å². The summed E-state index contributed by atoms with van der Waals surface area (Å²) in [6.07, 6.45) is 0. The van der Waals surface area contributed by atoms with Crippen molar-refractivity contribution < 1.29 is 13.9 Å². The Bertz CT molecular complexity index is 1110. The van der Waals surface area contributed by atoms with Crippen molar-refractivity contribution in [3.63, 3.8) is 0 Å². The highest BCUT2D eigenvalue weighted by atomic mass is 16.5. The molecule has 0 aliphatic rings. The minimum atomic E-state index is 0.746. The van der Waals surface area contributed by atoms with Gasteiger partial charge in [0.2, 0.25) is 0 Å². The van der Waals surface area contributed by atoms with E-state index in [1.54, 1.807) is 14.2 Å². The Labute approximate surface area is 177 Å². The first-order valence-electron chi connectivity index (χ1n) is 9.92. The fraction of sp³-hybridized carbons (Fsp3) is 0.148. The molecule has 0 radical (unpaired) electrons. The zero-order chi connectivity index (χ0) is 21.1. The van der Waals surface area contributed by atoms with Gasteiger partial charge < -0.3 is 9.47 Å². The van der Waals surface area contributed by atoms with E-state index in [9.17, 15) is 0 Å². The molecule has 150 valence electrons. The van der Waals surface area contributed by atoms with Crippen LogP contribution in [0.2, 0.25) is 0 Å². The van der Waals surface area contributed by atoms with Crippen LogP contribution in [0.3, 0.4) is 0 Å². The molecule has 4 rings (SSSR count). The third kappa shape index (κ3) is 3.92. The van der Waals surface area contributed by atoms with Gasteiger partial charge in [-0.3, -0.25) is 0 Å². The molecular formula is C27H25O3+. The molecule has 0 unspecified atom stereocenters. The number of ether oxygens (including phenoxy) is 2. The van der Waals surface area contributed by atoms with E-state index in [1.807, 2.05) is 42.5 Å². The summed E-state index contributed by atoms with van der Waals surface area (Å²) in [5, 5.41) is 0. The molecular weight excluding hydrogens is 372 g/mol. The monoisotopic (exact) mass is 397 g/mol. The maximum Gasteiger partial charge on any atom is 0.365 e. The SMILES string of the molecule is COc1ccc(C)cc1-c1cc(-c2ccccc2)cc(-c2cc(C)ccc2OC)[o+]1. The summed E-state index contributed by atoms with van der Waals surface area (Å²) in [6, 6.07) is 26.6. The second-order valence-electron chi connectivity index (χ2n) is 7.35. The first kappa shape index (κ1) is 19.7. The lowest BCUT2D eigenvalue weighted by molar-refractivity contribution is 0.412. The largest absolute Gasteiger partial charge is 0.496 e. The summed E-state index contributed by atoms with van der Waals surface area (Å²) in [7, 11) is 3.36.